The van der Waals surface area contributed by atoms with Gasteiger partial charge >= 0.3 is 195 Å². The number of nitrogens with two attached hydrogens (primary N) is 3. The van der Waals surface area contributed by atoms with Crippen molar-refractivity contribution >= 4 is 94.1 Å². The Balaban J connectivity index is -0.000000107. The summed E-state index contributed by atoms with van der Waals surface area (Å²) in [7, 11) is 1.41. The summed E-state index contributed by atoms with van der Waals surface area (Å²) in [6.07, 6.45) is 57.6. The number of unbranched alkanes of at least 4 members (excludes halogenated alkanes) is 39. The Morgan fingerprint density at radius 3 is 0.673 bits per heavy atom. The average Bonchev–Trinajstić information content (AvgIpc) is 1.20. The molecule has 0 amide bonds. The zero-order chi connectivity index (χ0) is 78.2. The first-order chi connectivity index (χ1) is 48.2. The van der Waals surface area contributed by atoms with E-state index in [0.717, 1.165) is 38.5 Å². The van der Waals surface area contributed by atoms with Crippen LogP contribution in [0.3, 0.4) is 0 Å². The van der Waals surface area contributed by atoms with Crippen LogP contribution in [0.25, 0.3) is 0 Å². The fourth-order valence-electron chi connectivity index (χ4n) is 9.32. The maximum Gasteiger partial charge on any atom is 1.00 e. The van der Waals surface area contributed by atoms with Gasteiger partial charge in [-0.15, -0.1) is 0 Å². The molecule has 12 N–H and O–H groups in total. The number of hydrogen-bond acceptors (Lipinski definition) is 19. The van der Waals surface area contributed by atoms with Crippen LogP contribution in [0, 0.1) is 0 Å². The van der Waals surface area contributed by atoms with Crippen molar-refractivity contribution in [3.8, 4) is 0 Å². The van der Waals surface area contributed by atoms with E-state index in [1.165, 1.54) is 260 Å². The van der Waals surface area contributed by atoms with E-state index >= 15 is 0 Å². The van der Waals surface area contributed by atoms with Crippen molar-refractivity contribution in [2.45, 2.75) is 407 Å². The number of hydrogen-bond donors (Lipinski definition) is 7. The summed E-state index contributed by atoms with van der Waals surface area (Å²) < 4.78 is 15.9. The topological polar surface area (TPSA) is 464 Å². The third-order valence-electron chi connectivity index (χ3n) is 15.5. The van der Waals surface area contributed by atoms with E-state index in [1.54, 1.807) is 0 Å². The minimum Gasteiger partial charge on any atom is -0.548 e. The summed E-state index contributed by atoms with van der Waals surface area (Å²) in [4.78, 5) is 90.4. The minimum absolute atomic E-state index is 0. The molecule has 0 aliphatic heterocycles. The molecule has 0 heterocycles. The van der Waals surface area contributed by atoms with Crippen LogP contribution >= 0.6 is 0 Å². The van der Waals surface area contributed by atoms with E-state index in [9.17, 15) is 63.6 Å². The van der Waals surface area contributed by atoms with Gasteiger partial charge in [-0.1, -0.05) is 233 Å². The fourth-order valence-corrected chi connectivity index (χ4v) is 11.1. The van der Waals surface area contributed by atoms with Crippen LogP contribution in [0.2, 0.25) is 6.04 Å². The molecule has 0 fully saturated rings. The normalized spacial score (nSPS) is 10.8. The SMILES string of the molecule is CCCCCCCCCCCCCC(=O)O.CCCCCCCCCCCCCC(=O)[O-].CCCCCCCCCCCCCCCCC[C](=O)[Al+2].CCCCCCCC[SiH3].CC[O][Al]([O]CC)[O]CC.N[C@@H](CCC(=O)O)C(=O)[O-].N[C@@H](CCC(=O)O)C(=O)[O-].N[C@@H](CCC(=O)O)C(=O)[O-].O.[Na+].[Na+]. The van der Waals surface area contributed by atoms with E-state index in [4.69, 9.17) is 49.0 Å². The van der Waals surface area contributed by atoms with Crippen LogP contribution in [0.15, 0.2) is 0 Å². The molecule has 0 saturated heterocycles. The number of carboxylic acid groups (broad SMARTS) is 8. The summed E-state index contributed by atoms with van der Waals surface area (Å²) in [6, 6.07) is -2.00. The second kappa shape index (κ2) is 110. The van der Waals surface area contributed by atoms with Crippen molar-refractivity contribution in [1.82, 2.24) is 0 Å². The van der Waals surface area contributed by atoms with Gasteiger partial charge in [0.15, 0.2) is 0 Å². The maximum absolute atomic E-state index is 10.7. The number of aliphatic carboxylic acids is 8. The Kier molecular flexibility index (Phi) is 133. The van der Waals surface area contributed by atoms with Crippen LogP contribution in [0.4, 0.5) is 0 Å². The van der Waals surface area contributed by atoms with Gasteiger partial charge in [-0.2, -0.15) is 0 Å². The van der Waals surface area contributed by atoms with Crippen molar-refractivity contribution < 1.29 is 160 Å². The molecule has 3 atom stereocenters. The number of carboxylic acids is 8. The molecule has 0 aromatic heterocycles. The van der Waals surface area contributed by atoms with E-state index in [2.05, 4.69) is 44.0 Å². The van der Waals surface area contributed by atoms with E-state index in [0.29, 0.717) is 26.2 Å². The smallest absolute Gasteiger partial charge is 0.548 e. The van der Waals surface area contributed by atoms with Crippen LogP contribution in [-0.2, 0) is 54.5 Å². The Morgan fingerprint density at radius 1 is 0.327 bits per heavy atom. The summed E-state index contributed by atoms with van der Waals surface area (Å²) in [5.41, 5.74) is 14.8. The van der Waals surface area contributed by atoms with Crippen LogP contribution < -0.4 is 96.7 Å². The van der Waals surface area contributed by atoms with Gasteiger partial charge in [0.1, 0.15) is 0 Å². The van der Waals surface area contributed by atoms with Crippen LogP contribution in [0.1, 0.15) is 382 Å². The predicted octanol–water partition coefficient (Wildman–Crippen LogP) is 4.33. The van der Waals surface area contributed by atoms with Crippen molar-refractivity contribution in [3.05, 3.63) is 0 Å². The van der Waals surface area contributed by atoms with Crippen LogP contribution in [-0.4, -0.2) is 158 Å². The molecule has 29 heteroatoms. The number of carbonyl (C=O) groups excluding carboxylic acids is 5. The van der Waals surface area contributed by atoms with Gasteiger partial charge in [0.2, 0.25) is 0 Å². The van der Waals surface area contributed by atoms with Crippen molar-refractivity contribution in [2.24, 2.45) is 17.2 Å². The summed E-state index contributed by atoms with van der Waals surface area (Å²) in [6.45, 7) is 16.9. The summed E-state index contributed by atoms with van der Waals surface area (Å²) >= 11 is 0.533. The van der Waals surface area contributed by atoms with E-state index in [-0.39, 0.29) is 114 Å². The van der Waals surface area contributed by atoms with Crippen molar-refractivity contribution in [2.75, 3.05) is 19.8 Å². The molecule has 0 aliphatic rings. The second-order valence-electron chi connectivity index (χ2n) is 25.5. The Labute approximate surface area is 691 Å². The maximum atomic E-state index is 10.7. The molecular formula is C75H151Al2N3Na2O21Si. The Bertz CT molecular complexity index is 1700. The zero-order valence-electron chi connectivity index (χ0n) is 67.5. The van der Waals surface area contributed by atoms with E-state index < -0.39 is 81.0 Å². The van der Waals surface area contributed by atoms with Gasteiger partial charge in [0.25, 0.3) is 0 Å². The van der Waals surface area contributed by atoms with Crippen LogP contribution in [0.5, 0.6) is 0 Å². The van der Waals surface area contributed by atoms with Gasteiger partial charge in [-0.05, 0) is 59.3 Å². The standard InChI is InChI=1S/C18H35O.2C14H28O2.C8H20Si.3C5H9NO4.3C2H5O.2Al.2Na.H2O/c1-2-3-4-5-6-7-8-9-10-11-12-13-14-15-16-17-18-19;2*1-2-3-4-5-6-7-8-9-10-11-12-13-14(15)16;1-2-3-4-5-6-7-8-9;3*6-3(5(9)10)1-2-4(7)8;3*1-2-3;;;;;/h2-17H2,1H3;2*2-13H2,1H3,(H,15,16);2-8H2,1,9H3;3*3H,1-2,6H2,(H,7,8)(H,9,10);3*2H2,1H3;;;;;1H2/q;;;;;;;3*-1;+2;+3;2*+1;/p-4/t;;;;3*3-;;;;;;;;/m....000......../s1. The quantitative estimate of drug-likeness (QED) is 0.0329. The number of rotatable bonds is 64. The Hall–Kier alpha value is -1.57. The first-order valence-corrected chi connectivity index (χ1v) is 42.7. The van der Waals surface area contributed by atoms with Gasteiger partial charge in [0.05, 0.1) is 17.9 Å². The Morgan fingerprint density at radius 2 is 0.510 bits per heavy atom. The molecule has 0 radical (unpaired) electrons. The molecule has 604 valence electrons. The largest absolute Gasteiger partial charge is 1.00 e. The molecule has 0 aliphatic carbocycles. The monoisotopic (exact) mass is 1560 g/mol. The third kappa shape index (κ3) is 143. The summed E-state index contributed by atoms with van der Waals surface area (Å²) in [5.74, 6) is -8.99. The second-order valence-corrected chi connectivity index (χ2v) is 28.7. The predicted molar refractivity (Wildman–Crippen MR) is 407 cm³/mol. The molecule has 0 saturated carbocycles. The van der Waals surface area contributed by atoms with Gasteiger partial charge < -0.3 is 94.1 Å². The third-order valence-corrected chi connectivity index (χ3v) is 18.3. The minimum atomic E-state index is -1.73. The van der Waals surface area contributed by atoms with Crippen molar-refractivity contribution in [3.63, 3.8) is 0 Å². The van der Waals surface area contributed by atoms with Gasteiger partial charge in [-0.25, -0.2) is 0 Å². The first-order valence-electron chi connectivity index (χ1n) is 39.3. The average molecular weight is 1560 g/mol. The molecule has 0 aromatic carbocycles. The zero-order valence-corrected chi connectivity index (χ0v) is 75.8. The molecule has 0 spiro atoms. The molecule has 24 nitrogen and oxygen atoms in total. The molecule has 0 aromatic rings. The molecular weight excluding hydrogens is 1410 g/mol. The molecule has 0 unspecified atom stereocenters. The molecule has 0 rings (SSSR count). The molecule has 104 heavy (non-hydrogen) atoms. The van der Waals surface area contributed by atoms with Gasteiger partial charge in [-0.3, -0.25) is 19.2 Å². The van der Waals surface area contributed by atoms with Crippen molar-refractivity contribution in [1.29, 1.82) is 0 Å². The van der Waals surface area contributed by atoms with Gasteiger partial charge in [0, 0.05) is 79.8 Å². The first kappa shape index (κ1) is 126. The number of carbonyl (C=O) groups is 9. The van der Waals surface area contributed by atoms with E-state index in [1.807, 2.05) is 20.8 Å². The molecule has 0 bridgehead atoms. The fraction of sp³-hybridized carbons (Fsp3) is 0.880. The summed E-state index contributed by atoms with van der Waals surface area (Å²) in [5, 5.41) is 72.5.